The Balaban J connectivity index is 1.86. The largest absolute Gasteiger partial charge is 0.481 e. The van der Waals surface area contributed by atoms with E-state index in [2.05, 4.69) is 34.6 Å². The number of hydrogen-bond donors (Lipinski definition) is 2. The number of nitrogens with zero attached hydrogens (tertiary/aromatic N) is 1. The normalized spacial score (nSPS) is 10.4. The van der Waals surface area contributed by atoms with Crippen molar-refractivity contribution >= 4 is 23.2 Å². The lowest BCUT2D eigenvalue weighted by Gasteiger charge is -2.01. The lowest BCUT2D eigenvalue weighted by Crippen LogP contribution is -2.25. The molecule has 0 saturated heterocycles. The van der Waals surface area contributed by atoms with Crippen LogP contribution in [0.3, 0.4) is 0 Å². The van der Waals surface area contributed by atoms with Crippen LogP contribution in [-0.4, -0.2) is 28.5 Å². The Morgan fingerprint density at radius 3 is 2.68 bits per heavy atom. The predicted octanol–water partition coefficient (Wildman–Crippen LogP) is 2.64. The maximum atomic E-state index is 11.9. The molecule has 6 heteroatoms. The molecule has 1 heterocycles. The first-order chi connectivity index (χ1) is 10.5. The quantitative estimate of drug-likeness (QED) is 0.769. The molecule has 0 radical (unpaired) electrons. The average molecular weight is 318 g/mol. The number of carboxylic acids is 1. The van der Waals surface area contributed by atoms with Crippen LogP contribution in [0.25, 0.3) is 0 Å². The number of carboxylic acid groups (broad SMARTS) is 1. The zero-order chi connectivity index (χ0) is 15.9. The number of amides is 1. The molecule has 0 unspecified atom stereocenters. The van der Waals surface area contributed by atoms with E-state index in [1.54, 1.807) is 5.38 Å². The lowest BCUT2D eigenvalue weighted by atomic mass is 10.1. The van der Waals surface area contributed by atoms with Gasteiger partial charge in [0.25, 0.3) is 5.91 Å². The van der Waals surface area contributed by atoms with Crippen molar-refractivity contribution in [2.24, 2.45) is 0 Å². The summed E-state index contributed by atoms with van der Waals surface area (Å²) < 4.78 is 0. The molecule has 0 aliphatic heterocycles. The second kappa shape index (κ2) is 7.70. The van der Waals surface area contributed by atoms with Crippen molar-refractivity contribution in [2.45, 2.75) is 26.2 Å². The van der Waals surface area contributed by atoms with E-state index in [-0.39, 0.29) is 12.3 Å². The Kier molecular flexibility index (Phi) is 5.66. The molecule has 2 aromatic rings. The fourth-order valence-electron chi connectivity index (χ4n) is 1.91. The van der Waals surface area contributed by atoms with Crippen LogP contribution in [0.15, 0.2) is 29.6 Å². The molecule has 0 aliphatic carbocycles. The molecule has 0 atom stereocenters. The standard InChI is InChI=1S/C16H18N2O3S/c1-11-4-6-12(7-5-11)9-14-18-13(10-22-14)16(21)17-8-2-3-15(19)20/h4-7,10H,2-3,8-9H2,1H3,(H,17,21)(H,19,20). The van der Waals surface area contributed by atoms with E-state index >= 15 is 0 Å². The van der Waals surface area contributed by atoms with Crippen molar-refractivity contribution in [2.75, 3.05) is 6.54 Å². The Bertz CT molecular complexity index is 650. The number of aryl methyl sites for hydroxylation is 1. The molecule has 0 spiro atoms. The third-order valence-corrected chi connectivity index (χ3v) is 3.96. The second-order valence-corrected chi connectivity index (χ2v) is 5.98. The summed E-state index contributed by atoms with van der Waals surface area (Å²) in [4.78, 5) is 26.6. The highest BCUT2D eigenvalue weighted by Gasteiger charge is 2.10. The minimum absolute atomic E-state index is 0.0516. The number of nitrogens with one attached hydrogen (secondary N) is 1. The molecule has 5 nitrogen and oxygen atoms in total. The van der Waals surface area contributed by atoms with Gasteiger partial charge in [-0.3, -0.25) is 9.59 Å². The SMILES string of the molecule is Cc1ccc(Cc2nc(C(=O)NCCCC(=O)O)cs2)cc1. The van der Waals surface area contributed by atoms with Crippen LogP contribution in [0.5, 0.6) is 0 Å². The van der Waals surface area contributed by atoms with Gasteiger partial charge in [0.1, 0.15) is 5.69 Å². The van der Waals surface area contributed by atoms with Gasteiger partial charge < -0.3 is 10.4 Å². The molecular weight excluding hydrogens is 300 g/mol. The minimum Gasteiger partial charge on any atom is -0.481 e. The van der Waals surface area contributed by atoms with Gasteiger partial charge in [0.15, 0.2) is 0 Å². The number of rotatable bonds is 7. The summed E-state index contributed by atoms with van der Waals surface area (Å²) in [6, 6.07) is 8.22. The molecule has 0 fully saturated rings. The van der Waals surface area contributed by atoms with Crippen molar-refractivity contribution in [3.63, 3.8) is 0 Å². The predicted molar refractivity (Wildman–Crippen MR) is 85.3 cm³/mol. The molecule has 22 heavy (non-hydrogen) atoms. The van der Waals surface area contributed by atoms with Gasteiger partial charge >= 0.3 is 5.97 Å². The molecule has 116 valence electrons. The highest BCUT2D eigenvalue weighted by molar-refractivity contribution is 7.09. The van der Waals surface area contributed by atoms with Gasteiger partial charge in [0, 0.05) is 24.8 Å². The smallest absolute Gasteiger partial charge is 0.303 e. The number of aromatic nitrogens is 1. The summed E-state index contributed by atoms with van der Waals surface area (Å²) in [5, 5.41) is 13.8. The third-order valence-electron chi connectivity index (χ3n) is 3.11. The maximum Gasteiger partial charge on any atom is 0.303 e. The van der Waals surface area contributed by atoms with Crippen LogP contribution in [0.2, 0.25) is 0 Å². The molecular formula is C16H18N2O3S. The lowest BCUT2D eigenvalue weighted by molar-refractivity contribution is -0.137. The van der Waals surface area contributed by atoms with E-state index in [9.17, 15) is 9.59 Å². The first-order valence-electron chi connectivity index (χ1n) is 7.04. The van der Waals surface area contributed by atoms with Crippen molar-refractivity contribution in [1.29, 1.82) is 0 Å². The number of aliphatic carboxylic acids is 1. The van der Waals surface area contributed by atoms with Crippen molar-refractivity contribution in [3.05, 3.63) is 51.5 Å². The summed E-state index contributed by atoms with van der Waals surface area (Å²) in [6.45, 7) is 2.38. The van der Waals surface area contributed by atoms with Gasteiger partial charge in [-0.15, -0.1) is 11.3 Å². The monoisotopic (exact) mass is 318 g/mol. The number of hydrogen-bond acceptors (Lipinski definition) is 4. The number of carbonyl (C=O) groups is 2. The highest BCUT2D eigenvalue weighted by Crippen LogP contribution is 2.15. The summed E-state index contributed by atoms with van der Waals surface area (Å²) in [6.07, 6.45) is 1.18. The van der Waals surface area contributed by atoms with Crippen LogP contribution < -0.4 is 5.32 Å². The van der Waals surface area contributed by atoms with Gasteiger partial charge in [0.05, 0.1) is 5.01 Å². The van der Waals surface area contributed by atoms with Gasteiger partial charge in [-0.1, -0.05) is 29.8 Å². The van der Waals surface area contributed by atoms with Crippen LogP contribution in [0, 0.1) is 6.92 Å². The molecule has 0 saturated carbocycles. The van der Waals surface area contributed by atoms with Crippen LogP contribution >= 0.6 is 11.3 Å². The number of carbonyl (C=O) groups excluding carboxylic acids is 1. The van der Waals surface area contributed by atoms with Crippen LogP contribution in [0.1, 0.15) is 39.5 Å². The summed E-state index contributed by atoms with van der Waals surface area (Å²) >= 11 is 1.45. The van der Waals surface area contributed by atoms with E-state index in [0.29, 0.717) is 25.1 Å². The zero-order valence-electron chi connectivity index (χ0n) is 12.3. The Morgan fingerprint density at radius 2 is 2.00 bits per heavy atom. The van der Waals surface area contributed by atoms with E-state index in [1.165, 1.54) is 16.9 Å². The zero-order valence-corrected chi connectivity index (χ0v) is 13.2. The fraction of sp³-hybridized carbons (Fsp3) is 0.312. The van der Waals surface area contributed by atoms with Crippen LogP contribution in [0.4, 0.5) is 0 Å². The summed E-state index contributed by atoms with van der Waals surface area (Å²) in [5.41, 5.74) is 2.76. The van der Waals surface area contributed by atoms with Gasteiger partial charge in [0.2, 0.25) is 0 Å². The molecule has 2 rings (SSSR count). The molecule has 2 N–H and O–H groups in total. The molecule has 1 aromatic carbocycles. The first kappa shape index (κ1) is 16.2. The van der Waals surface area contributed by atoms with Gasteiger partial charge in [-0.2, -0.15) is 0 Å². The van der Waals surface area contributed by atoms with Gasteiger partial charge in [-0.05, 0) is 18.9 Å². The Morgan fingerprint density at radius 1 is 1.27 bits per heavy atom. The average Bonchev–Trinajstić information content (AvgIpc) is 2.94. The maximum absolute atomic E-state index is 11.9. The minimum atomic E-state index is -0.858. The second-order valence-electron chi connectivity index (χ2n) is 5.04. The van der Waals surface area contributed by atoms with Gasteiger partial charge in [-0.25, -0.2) is 4.98 Å². The summed E-state index contributed by atoms with van der Waals surface area (Å²) in [5.74, 6) is -1.11. The number of benzene rings is 1. The Hall–Kier alpha value is -2.21. The molecule has 0 bridgehead atoms. The number of thiazole rings is 1. The van der Waals surface area contributed by atoms with Crippen molar-refractivity contribution < 1.29 is 14.7 Å². The van der Waals surface area contributed by atoms with E-state index in [4.69, 9.17) is 5.11 Å². The molecule has 0 aliphatic rings. The van der Waals surface area contributed by atoms with Crippen molar-refractivity contribution in [1.82, 2.24) is 10.3 Å². The molecule has 1 amide bonds. The fourth-order valence-corrected chi connectivity index (χ4v) is 2.72. The van der Waals surface area contributed by atoms with E-state index < -0.39 is 5.97 Å². The first-order valence-corrected chi connectivity index (χ1v) is 7.92. The third kappa shape index (κ3) is 4.96. The summed E-state index contributed by atoms with van der Waals surface area (Å²) in [7, 11) is 0. The topological polar surface area (TPSA) is 79.3 Å². The van der Waals surface area contributed by atoms with Crippen LogP contribution in [-0.2, 0) is 11.2 Å². The highest BCUT2D eigenvalue weighted by atomic mass is 32.1. The van der Waals surface area contributed by atoms with E-state index in [0.717, 1.165) is 10.6 Å². The Labute approximate surface area is 133 Å². The van der Waals surface area contributed by atoms with E-state index in [1.807, 2.05) is 6.92 Å². The van der Waals surface area contributed by atoms with Crippen molar-refractivity contribution in [3.8, 4) is 0 Å². The molecule has 1 aromatic heterocycles.